The van der Waals surface area contributed by atoms with E-state index in [9.17, 15) is 22.2 Å². The summed E-state index contributed by atoms with van der Waals surface area (Å²) >= 11 is 0. The van der Waals surface area contributed by atoms with Crippen LogP contribution in [0.4, 0.5) is 18.9 Å². The van der Waals surface area contributed by atoms with Gasteiger partial charge in [-0.25, -0.2) is 0 Å². The third-order valence-electron chi connectivity index (χ3n) is 4.32. The zero-order chi connectivity index (χ0) is 18.1. The van der Waals surface area contributed by atoms with Gasteiger partial charge in [-0.2, -0.15) is 13.2 Å². The van der Waals surface area contributed by atoms with Gasteiger partial charge in [0.05, 0.1) is 0 Å². The Morgan fingerprint density at radius 2 is 1.79 bits per heavy atom. The molecule has 2 N–H and O–H groups in total. The van der Waals surface area contributed by atoms with E-state index in [-0.39, 0.29) is 17.1 Å². The molecule has 1 heterocycles. The molecule has 1 aliphatic heterocycles. The first kappa shape index (κ1) is 18.6. The van der Waals surface area contributed by atoms with Crippen molar-refractivity contribution < 1.29 is 22.2 Å². The molecule has 2 rings (SSSR count). The fourth-order valence-corrected chi connectivity index (χ4v) is 4.57. The van der Waals surface area contributed by atoms with Crippen LogP contribution in [0.3, 0.4) is 0 Å². The second kappa shape index (κ2) is 6.66. The van der Waals surface area contributed by atoms with Gasteiger partial charge in [-0.1, -0.05) is 12.1 Å². The maximum Gasteiger partial charge on any atom is 0.413 e. The molecule has 1 aromatic rings. The summed E-state index contributed by atoms with van der Waals surface area (Å²) in [6.45, 7) is 0. The van der Waals surface area contributed by atoms with Crippen molar-refractivity contribution in [3.05, 3.63) is 29.8 Å². The number of nitrogens with two attached hydrogens (primary N) is 1. The van der Waals surface area contributed by atoms with Crippen LogP contribution in [-0.2, 0) is 14.3 Å². The van der Waals surface area contributed by atoms with Crippen LogP contribution in [0.25, 0.3) is 0 Å². The summed E-state index contributed by atoms with van der Waals surface area (Å²) in [6, 6.07) is 3.29. The Bertz CT molecular complexity index is 685. The Morgan fingerprint density at radius 1 is 1.29 bits per heavy atom. The molecule has 0 aromatic heterocycles. The van der Waals surface area contributed by atoms with Gasteiger partial charge >= 0.3 is 6.18 Å². The highest BCUT2D eigenvalue weighted by Gasteiger charge is 2.46. The molecule has 4 nitrogen and oxygen atoms in total. The molecule has 1 aliphatic rings. The minimum Gasteiger partial charge on any atom is -0.399 e. The third-order valence-corrected chi connectivity index (χ3v) is 6.28. The molecule has 134 valence electrons. The number of nitrogens with zero attached hydrogens (tertiary/aromatic N) is 1. The van der Waals surface area contributed by atoms with Crippen LogP contribution in [0.1, 0.15) is 24.4 Å². The minimum atomic E-state index is -4.60. The number of amides is 1. The number of carbonyl (C=O) groups excluding carboxylic acids is 1. The summed E-state index contributed by atoms with van der Waals surface area (Å²) in [5.74, 6) is 3.03. The summed E-state index contributed by atoms with van der Waals surface area (Å²) in [7, 11) is -1.03. The Balaban J connectivity index is 2.23. The second-order valence-electron chi connectivity index (χ2n) is 6.21. The van der Waals surface area contributed by atoms with Gasteiger partial charge < -0.3 is 10.6 Å². The van der Waals surface area contributed by atoms with Crippen LogP contribution in [0.15, 0.2) is 24.3 Å². The minimum absolute atomic E-state index is 0.0377. The zero-order valence-corrected chi connectivity index (χ0v) is 14.2. The highest BCUT2D eigenvalue weighted by molar-refractivity contribution is 8.00. The molecule has 0 radical (unpaired) electrons. The van der Waals surface area contributed by atoms with Crippen molar-refractivity contribution >= 4 is 27.0 Å². The van der Waals surface area contributed by atoms with E-state index in [4.69, 9.17) is 5.73 Å². The molecular formula is C16H21F3N2O2S. The number of halogens is 3. The van der Waals surface area contributed by atoms with E-state index in [2.05, 4.69) is 5.87 Å². The van der Waals surface area contributed by atoms with Gasteiger partial charge in [-0.05, 0) is 45.9 Å². The lowest BCUT2D eigenvalue weighted by Gasteiger charge is -2.34. The van der Waals surface area contributed by atoms with Gasteiger partial charge in [0, 0.05) is 30.2 Å². The van der Waals surface area contributed by atoms with Gasteiger partial charge in [0.1, 0.15) is 0 Å². The molecule has 0 saturated carbocycles. The van der Waals surface area contributed by atoms with Crippen molar-refractivity contribution in [2.75, 3.05) is 24.3 Å². The van der Waals surface area contributed by atoms with E-state index < -0.39 is 33.6 Å². The first-order valence-electron chi connectivity index (χ1n) is 7.53. The summed E-state index contributed by atoms with van der Waals surface area (Å²) in [4.78, 5) is 13.3. The number of alkyl halides is 3. The number of carbonyl (C=O) groups is 1. The van der Waals surface area contributed by atoms with Gasteiger partial charge in [0.2, 0.25) is 5.91 Å². The van der Waals surface area contributed by atoms with Crippen LogP contribution in [0.5, 0.6) is 0 Å². The summed E-state index contributed by atoms with van der Waals surface area (Å²) in [6.07, 6.45) is -4.00. The Morgan fingerprint density at radius 3 is 2.25 bits per heavy atom. The molecule has 0 spiro atoms. The molecule has 24 heavy (non-hydrogen) atoms. The predicted molar refractivity (Wildman–Crippen MR) is 90.1 cm³/mol. The van der Waals surface area contributed by atoms with E-state index in [1.54, 1.807) is 0 Å². The van der Waals surface area contributed by atoms with Crippen molar-refractivity contribution in [1.29, 1.82) is 0 Å². The fourth-order valence-electron chi connectivity index (χ4n) is 2.93. The van der Waals surface area contributed by atoms with Crippen molar-refractivity contribution in [1.82, 2.24) is 4.90 Å². The van der Waals surface area contributed by atoms with E-state index in [0.29, 0.717) is 18.5 Å². The van der Waals surface area contributed by atoms with Crippen molar-refractivity contribution in [2.45, 2.75) is 25.1 Å². The van der Waals surface area contributed by atoms with Gasteiger partial charge in [0.15, 0.2) is 6.04 Å². The normalized spacial score (nSPS) is 25.9. The molecule has 1 aromatic carbocycles. The van der Waals surface area contributed by atoms with E-state index in [0.717, 1.165) is 11.9 Å². The Hall–Kier alpha value is -1.70. The Labute approximate surface area is 139 Å². The zero-order valence-electron chi connectivity index (χ0n) is 13.4. The predicted octanol–water partition coefficient (Wildman–Crippen LogP) is 2.46. The van der Waals surface area contributed by atoms with Crippen LogP contribution in [-0.4, -0.2) is 45.6 Å². The van der Waals surface area contributed by atoms with Gasteiger partial charge in [0.25, 0.3) is 0 Å². The van der Waals surface area contributed by atoms with Crippen LogP contribution < -0.4 is 5.73 Å². The van der Waals surface area contributed by atoms with Gasteiger partial charge in [-0.3, -0.25) is 9.00 Å². The summed E-state index contributed by atoms with van der Waals surface area (Å²) in [5, 5.41) is 0. The molecule has 1 atom stereocenters. The maximum absolute atomic E-state index is 13.5. The summed E-state index contributed by atoms with van der Waals surface area (Å²) < 4.78 is 52.4. The Kier molecular flexibility index (Phi) is 5.17. The lowest BCUT2D eigenvalue weighted by Crippen LogP contribution is -2.44. The van der Waals surface area contributed by atoms with Crippen molar-refractivity contribution in [3.63, 3.8) is 0 Å². The third kappa shape index (κ3) is 4.23. The quantitative estimate of drug-likeness (QED) is 0.664. The average Bonchev–Trinajstić information content (AvgIpc) is 2.47. The van der Waals surface area contributed by atoms with Crippen LogP contribution >= 0.6 is 0 Å². The molecule has 1 fully saturated rings. The monoisotopic (exact) mass is 362 g/mol. The topological polar surface area (TPSA) is 63.4 Å². The largest absolute Gasteiger partial charge is 0.413 e. The van der Waals surface area contributed by atoms with E-state index in [1.165, 1.54) is 24.3 Å². The number of hydrogen-bond acceptors (Lipinski definition) is 3. The standard InChI is InChI=1S/C16H21F3N2O2S/c1-21(15(22)12-7-9-24(2,23)10-8-12)14(16(17,18)19)11-3-5-13(20)6-4-11/h3-6,12,14H,2,7-10,20H2,1H3/t12?,14-,24?/m0/s1. The fraction of sp³-hybridized carbons (Fsp3) is 0.500. The number of anilines is 1. The van der Waals surface area contributed by atoms with E-state index >= 15 is 0 Å². The SMILES string of the molecule is C=S1(=O)CCC(C(=O)N(C)[C@@H](c2ccc(N)cc2)C(F)(F)F)CC1. The first-order valence-corrected chi connectivity index (χ1v) is 9.59. The van der Waals surface area contributed by atoms with E-state index in [1.807, 2.05) is 0 Å². The van der Waals surface area contributed by atoms with Crippen LogP contribution in [0, 0.1) is 5.92 Å². The average molecular weight is 362 g/mol. The van der Waals surface area contributed by atoms with Crippen molar-refractivity contribution in [2.24, 2.45) is 5.92 Å². The van der Waals surface area contributed by atoms with Crippen LogP contribution in [0.2, 0.25) is 0 Å². The molecule has 1 saturated heterocycles. The van der Waals surface area contributed by atoms with Gasteiger partial charge in [-0.15, -0.1) is 0 Å². The summed E-state index contributed by atoms with van der Waals surface area (Å²) in [5.41, 5.74) is 5.83. The second-order valence-corrected chi connectivity index (χ2v) is 8.96. The smallest absolute Gasteiger partial charge is 0.399 e. The molecular weight excluding hydrogens is 341 g/mol. The first-order chi connectivity index (χ1) is 11.0. The lowest BCUT2D eigenvalue weighted by atomic mass is 9.98. The van der Waals surface area contributed by atoms with Crippen molar-refractivity contribution in [3.8, 4) is 0 Å². The molecule has 0 unspecified atom stereocenters. The molecule has 0 aliphatic carbocycles. The number of hydrogen-bond donors (Lipinski definition) is 1. The number of benzene rings is 1. The highest BCUT2D eigenvalue weighted by atomic mass is 32.2. The molecule has 8 heteroatoms. The number of rotatable bonds is 3. The highest BCUT2D eigenvalue weighted by Crippen LogP contribution is 2.38. The lowest BCUT2D eigenvalue weighted by molar-refractivity contribution is -0.190. The maximum atomic E-state index is 13.5. The molecule has 0 bridgehead atoms. The number of nitrogen functional groups attached to an aromatic ring is 1. The molecule has 1 amide bonds.